The maximum atomic E-state index is 13.9. The second-order valence-corrected chi connectivity index (χ2v) is 8.73. The Balaban J connectivity index is 1.40. The number of carboxylic acid groups (broad SMARTS) is 1. The van der Waals surface area contributed by atoms with E-state index >= 15 is 0 Å². The molecule has 1 aromatic heterocycles. The fourth-order valence-corrected chi connectivity index (χ4v) is 4.52. The lowest BCUT2D eigenvalue weighted by Crippen LogP contribution is -2.46. The standard InChI is InChI=1S/C24H24FN3O3S/c25-21-6-2-1-4-17(21)16-27-9-11-28(12-10-27)18-7-8-22(20(14-18)24(30)31)26-23(29)15-19-5-3-13-32-19/h1-8,13-14H,9-12,15-16H2,(H,26,29)(H,30,31). The molecule has 1 amide bonds. The van der Waals surface area contributed by atoms with E-state index in [-0.39, 0.29) is 23.7 Å². The van der Waals surface area contributed by atoms with Crippen LogP contribution in [-0.4, -0.2) is 48.1 Å². The predicted octanol–water partition coefficient (Wildman–Crippen LogP) is 4.09. The average molecular weight is 454 g/mol. The normalized spacial score (nSPS) is 14.3. The molecule has 32 heavy (non-hydrogen) atoms. The molecule has 1 fully saturated rings. The van der Waals surface area contributed by atoms with E-state index in [4.69, 9.17) is 0 Å². The highest BCUT2D eigenvalue weighted by atomic mass is 32.1. The van der Waals surface area contributed by atoms with Gasteiger partial charge >= 0.3 is 5.97 Å². The van der Waals surface area contributed by atoms with Crippen LogP contribution in [-0.2, 0) is 17.8 Å². The number of amides is 1. The number of benzene rings is 2. The number of carbonyl (C=O) groups is 2. The fraction of sp³-hybridized carbons (Fsp3) is 0.250. The van der Waals surface area contributed by atoms with E-state index in [1.54, 1.807) is 24.3 Å². The average Bonchev–Trinajstić information content (AvgIpc) is 3.29. The number of nitrogens with zero attached hydrogens (tertiary/aromatic N) is 2. The first kappa shape index (κ1) is 22.0. The summed E-state index contributed by atoms with van der Waals surface area (Å²) < 4.78 is 13.9. The van der Waals surface area contributed by atoms with Crippen molar-refractivity contribution in [1.29, 1.82) is 0 Å². The van der Waals surface area contributed by atoms with Gasteiger partial charge in [0.2, 0.25) is 5.91 Å². The smallest absolute Gasteiger partial charge is 0.337 e. The van der Waals surface area contributed by atoms with Crippen molar-refractivity contribution >= 4 is 34.6 Å². The number of thiophene rings is 1. The van der Waals surface area contributed by atoms with Crippen LogP contribution in [0.15, 0.2) is 60.0 Å². The van der Waals surface area contributed by atoms with Gasteiger partial charge in [-0.1, -0.05) is 24.3 Å². The van der Waals surface area contributed by atoms with Crippen molar-refractivity contribution in [2.75, 3.05) is 36.4 Å². The number of aromatic carboxylic acids is 1. The summed E-state index contributed by atoms with van der Waals surface area (Å²) in [4.78, 5) is 29.4. The third kappa shape index (κ3) is 5.33. The lowest BCUT2D eigenvalue weighted by Gasteiger charge is -2.36. The van der Waals surface area contributed by atoms with Gasteiger partial charge in [-0.15, -0.1) is 11.3 Å². The SMILES string of the molecule is O=C(Cc1cccs1)Nc1ccc(N2CCN(Cc3ccccc3F)CC2)cc1C(=O)O. The fourth-order valence-electron chi connectivity index (χ4n) is 3.81. The van der Waals surface area contributed by atoms with Gasteiger partial charge in [0.25, 0.3) is 0 Å². The topological polar surface area (TPSA) is 72.9 Å². The molecule has 0 spiro atoms. The zero-order valence-electron chi connectivity index (χ0n) is 17.5. The highest BCUT2D eigenvalue weighted by molar-refractivity contribution is 7.10. The largest absolute Gasteiger partial charge is 0.478 e. The van der Waals surface area contributed by atoms with Crippen LogP contribution < -0.4 is 10.2 Å². The van der Waals surface area contributed by atoms with Gasteiger partial charge in [-0.2, -0.15) is 0 Å². The number of carbonyl (C=O) groups excluding carboxylic acids is 1. The minimum absolute atomic E-state index is 0.0656. The second-order valence-electron chi connectivity index (χ2n) is 7.69. The molecule has 2 heterocycles. The Bertz CT molecular complexity index is 1100. The van der Waals surface area contributed by atoms with Crippen LogP contribution in [0.5, 0.6) is 0 Å². The first-order valence-corrected chi connectivity index (χ1v) is 11.3. The number of halogens is 1. The maximum Gasteiger partial charge on any atom is 0.337 e. The molecular weight excluding hydrogens is 429 g/mol. The van der Waals surface area contributed by atoms with E-state index in [9.17, 15) is 19.1 Å². The van der Waals surface area contributed by atoms with Gasteiger partial charge < -0.3 is 15.3 Å². The highest BCUT2D eigenvalue weighted by Crippen LogP contribution is 2.25. The molecule has 0 unspecified atom stereocenters. The molecule has 0 radical (unpaired) electrons. The van der Waals surface area contributed by atoms with E-state index in [1.807, 2.05) is 29.6 Å². The van der Waals surface area contributed by atoms with E-state index in [0.29, 0.717) is 30.9 Å². The van der Waals surface area contributed by atoms with Crippen molar-refractivity contribution < 1.29 is 19.1 Å². The van der Waals surface area contributed by atoms with Gasteiger partial charge in [-0.3, -0.25) is 9.69 Å². The number of rotatable bonds is 7. The summed E-state index contributed by atoms with van der Waals surface area (Å²) >= 11 is 1.49. The Kier molecular flexibility index (Phi) is 6.82. The minimum atomic E-state index is -1.09. The monoisotopic (exact) mass is 453 g/mol. The summed E-state index contributed by atoms with van der Waals surface area (Å²) in [6, 6.07) is 15.6. The van der Waals surface area contributed by atoms with Crippen molar-refractivity contribution in [3.8, 4) is 0 Å². The molecule has 0 aliphatic carbocycles. The summed E-state index contributed by atoms with van der Waals surface area (Å²) in [5, 5.41) is 14.3. The van der Waals surface area contributed by atoms with E-state index in [0.717, 1.165) is 23.7 Å². The van der Waals surface area contributed by atoms with Crippen molar-refractivity contribution in [2.24, 2.45) is 0 Å². The molecule has 0 atom stereocenters. The van der Waals surface area contributed by atoms with Gasteiger partial charge in [-0.25, -0.2) is 9.18 Å². The van der Waals surface area contributed by atoms with Crippen molar-refractivity contribution in [1.82, 2.24) is 4.90 Å². The molecule has 166 valence electrons. The number of anilines is 2. The quantitative estimate of drug-likeness (QED) is 0.564. The van der Waals surface area contributed by atoms with Crippen LogP contribution in [0.4, 0.5) is 15.8 Å². The number of carboxylic acids is 1. The lowest BCUT2D eigenvalue weighted by molar-refractivity contribution is -0.115. The van der Waals surface area contributed by atoms with Crippen LogP contribution in [0.3, 0.4) is 0 Å². The van der Waals surface area contributed by atoms with E-state index < -0.39 is 5.97 Å². The first-order chi connectivity index (χ1) is 15.5. The summed E-state index contributed by atoms with van der Waals surface area (Å²) in [7, 11) is 0. The molecule has 1 saturated heterocycles. The van der Waals surface area contributed by atoms with Crippen molar-refractivity contribution in [2.45, 2.75) is 13.0 Å². The third-order valence-electron chi connectivity index (χ3n) is 5.51. The zero-order valence-corrected chi connectivity index (χ0v) is 18.3. The summed E-state index contributed by atoms with van der Waals surface area (Å²) in [5.74, 6) is -1.53. The van der Waals surface area contributed by atoms with Crippen molar-refractivity contribution in [3.05, 3.63) is 81.8 Å². The van der Waals surface area contributed by atoms with E-state index in [2.05, 4.69) is 15.1 Å². The maximum absolute atomic E-state index is 13.9. The first-order valence-electron chi connectivity index (χ1n) is 10.4. The Labute approximate surface area is 189 Å². The molecule has 1 aliphatic heterocycles. The van der Waals surface area contributed by atoms with Crippen LogP contribution in [0.25, 0.3) is 0 Å². The van der Waals surface area contributed by atoms with Gasteiger partial charge in [-0.05, 0) is 35.7 Å². The second kappa shape index (κ2) is 9.93. The zero-order chi connectivity index (χ0) is 22.5. The Morgan fingerprint density at radius 2 is 1.81 bits per heavy atom. The molecule has 4 rings (SSSR count). The molecule has 8 heteroatoms. The Morgan fingerprint density at radius 1 is 1.03 bits per heavy atom. The van der Waals surface area contributed by atoms with Gasteiger partial charge in [0.05, 0.1) is 17.7 Å². The molecular formula is C24H24FN3O3S. The van der Waals surface area contributed by atoms with Crippen LogP contribution >= 0.6 is 11.3 Å². The highest BCUT2D eigenvalue weighted by Gasteiger charge is 2.21. The van der Waals surface area contributed by atoms with Crippen molar-refractivity contribution in [3.63, 3.8) is 0 Å². The van der Waals surface area contributed by atoms with Crippen LogP contribution in [0, 0.1) is 5.82 Å². The number of hydrogen-bond donors (Lipinski definition) is 2. The molecule has 0 saturated carbocycles. The number of nitrogens with one attached hydrogen (secondary N) is 1. The predicted molar refractivity (Wildman–Crippen MR) is 124 cm³/mol. The van der Waals surface area contributed by atoms with Gasteiger partial charge in [0, 0.05) is 48.9 Å². The molecule has 2 aromatic carbocycles. The van der Waals surface area contributed by atoms with Crippen LogP contribution in [0.2, 0.25) is 0 Å². The van der Waals surface area contributed by atoms with Gasteiger partial charge in [0.1, 0.15) is 5.82 Å². The molecule has 6 nitrogen and oxygen atoms in total. The van der Waals surface area contributed by atoms with Crippen LogP contribution in [0.1, 0.15) is 20.8 Å². The third-order valence-corrected chi connectivity index (χ3v) is 6.39. The molecule has 0 bridgehead atoms. The van der Waals surface area contributed by atoms with Gasteiger partial charge in [0.15, 0.2) is 0 Å². The molecule has 3 aromatic rings. The Hall–Kier alpha value is -3.23. The molecule has 2 N–H and O–H groups in total. The summed E-state index contributed by atoms with van der Waals surface area (Å²) in [6.45, 7) is 3.46. The minimum Gasteiger partial charge on any atom is -0.478 e. The summed E-state index contributed by atoms with van der Waals surface area (Å²) in [6.07, 6.45) is 0.211. The number of piperazine rings is 1. The Morgan fingerprint density at radius 3 is 2.50 bits per heavy atom. The number of hydrogen-bond acceptors (Lipinski definition) is 5. The molecule has 1 aliphatic rings. The summed E-state index contributed by atoms with van der Waals surface area (Å²) in [5.41, 5.74) is 1.83. The van der Waals surface area contributed by atoms with E-state index in [1.165, 1.54) is 17.4 Å². The lowest BCUT2D eigenvalue weighted by atomic mass is 10.1.